The standard InChI is InChI=1S/C6H5BrN2O/c7-6-1-2-8-3-5(6)4-9-10/h1-4,10H/b9-4-. The molecule has 0 aromatic carbocycles. The van der Waals surface area contributed by atoms with E-state index in [-0.39, 0.29) is 0 Å². The largest absolute Gasteiger partial charge is 0.411 e. The number of rotatable bonds is 1. The second kappa shape index (κ2) is 3.31. The first-order valence-corrected chi connectivity index (χ1v) is 3.41. The highest BCUT2D eigenvalue weighted by molar-refractivity contribution is 9.10. The number of nitrogens with zero attached hydrogens (tertiary/aromatic N) is 2. The van der Waals surface area contributed by atoms with Gasteiger partial charge in [0.2, 0.25) is 0 Å². The maximum Gasteiger partial charge on any atom is 0.0760 e. The molecular formula is C6H5BrN2O. The van der Waals surface area contributed by atoms with Gasteiger partial charge in [0.25, 0.3) is 0 Å². The van der Waals surface area contributed by atoms with Crippen LogP contribution in [0, 0.1) is 0 Å². The first kappa shape index (κ1) is 7.21. The number of hydrogen-bond donors (Lipinski definition) is 1. The summed E-state index contributed by atoms with van der Waals surface area (Å²) >= 11 is 3.25. The Morgan fingerprint density at radius 3 is 3.10 bits per heavy atom. The fourth-order valence-corrected chi connectivity index (χ4v) is 0.870. The van der Waals surface area contributed by atoms with Crippen molar-refractivity contribution in [3.05, 3.63) is 28.5 Å². The lowest BCUT2D eigenvalue weighted by Crippen LogP contribution is -1.83. The Labute approximate surface area is 66.5 Å². The molecule has 4 heteroatoms. The van der Waals surface area contributed by atoms with E-state index in [1.807, 2.05) is 0 Å². The van der Waals surface area contributed by atoms with Gasteiger partial charge in [-0.15, -0.1) is 0 Å². The van der Waals surface area contributed by atoms with E-state index in [9.17, 15) is 0 Å². The van der Waals surface area contributed by atoms with Crippen molar-refractivity contribution in [3.63, 3.8) is 0 Å². The van der Waals surface area contributed by atoms with Crippen LogP contribution in [0.1, 0.15) is 5.56 Å². The van der Waals surface area contributed by atoms with Gasteiger partial charge in [0, 0.05) is 22.4 Å². The minimum absolute atomic E-state index is 0.755. The van der Waals surface area contributed by atoms with Crippen molar-refractivity contribution >= 4 is 22.1 Å². The number of aromatic nitrogens is 1. The molecule has 0 aliphatic heterocycles. The minimum atomic E-state index is 0.755. The molecule has 1 aromatic rings. The fourth-order valence-electron chi connectivity index (χ4n) is 0.547. The van der Waals surface area contributed by atoms with Crippen LogP contribution in [-0.2, 0) is 0 Å². The predicted molar refractivity (Wildman–Crippen MR) is 41.3 cm³/mol. The van der Waals surface area contributed by atoms with Crippen molar-refractivity contribution in [2.75, 3.05) is 0 Å². The van der Waals surface area contributed by atoms with E-state index in [2.05, 4.69) is 26.1 Å². The predicted octanol–water partition coefficient (Wildman–Crippen LogP) is 1.65. The van der Waals surface area contributed by atoms with Gasteiger partial charge >= 0.3 is 0 Å². The van der Waals surface area contributed by atoms with Crippen molar-refractivity contribution in [2.24, 2.45) is 5.16 Å². The zero-order valence-corrected chi connectivity index (χ0v) is 6.62. The van der Waals surface area contributed by atoms with Crippen LogP contribution in [0.3, 0.4) is 0 Å². The molecule has 1 aromatic heterocycles. The maximum absolute atomic E-state index is 8.16. The number of halogens is 1. The fraction of sp³-hybridized carbons (Fsp3) is 0. The van der Waals surface area contributed by atoms with Crippen molar-refractivity contribution in [3.8, 4) is 0 Å². The van der Waals surface area contributed by atoms with Gasteiger partial charge in [-0.3, -0.25) is 4.98 Å². The number of pyridine rings is 1. The number of oxime groups is 1. The van der Waals surface area contributed by atoms with Crippen LogP contribution in [0.2, 0.25) is 0 Å². The molecule has 1 heterocycles. The Morgan fingerprint density at radius 2 is 2.50 bits per heavy atom. The normalized spacial score (nSPS) is 10.5. The second-order valence-electron chi connectivity index (χ2n) is 1.64. The Morgan fingerprint density at radius 1 is 1.70 bits per heavy atom. The molecule has 0 fully saturated rings. The highest BCUT2D eigenvalue weighted by Crippen LogP contribution is 2.11. The second-order valence-corrected chi connectivity index (χ2v) is 2.50. The summed E-state index contributed by atoms with van der Waals surface area (Å²) in [6, 6.07) is 1.77. The molecule has 0 saturated carbocycles. The van der Waals surface area contributed by atoms with Gasteiger partial charge < -0.3 is 5.21 Å². The molecule has 3 nitrogen and oxygen atoms in total. The molecule has 0 aliphatic carbocycles. The molecule has 0 amide bonds. The molecule has 1 rings (SSSR count). The van der Waals surface area contributed by atoms with Crippen molar-refractivity contribution < 1.29 is 5.21 Å². The van der Waals surface area contributed by atoms with Crippen molar-refractivity contribution in [1.82, 2.24) is 4.98 Å². The summed E-state index contributed by atoms with van der Waals surface area (Å²) in [5.74, 6) is 0. The quantitative estimate of drug-likeness (QED) is 0.426. The van der Waals surface area contributed by atoms with Gasteiger partial charge in [-0.25, -0.2) is 0 Å². The van der Waals surface area contributed by atoms with Gasteiger partial charge in [-0.1, -0.05) is 21.1 Å². The monoisotopic (exact) mass is 200 g/mol. The lowest BCUT2D eigenvalue weighted by Gasteiger charge is -1.92. The molecule has 0 unspecified atom stereocenters. The highest BCUT2D eigenvalue weighted by atomic mass is 79.9. The van der Waals surface area contributed by atoms with Gasteiger partial charge in [0.15, 0.2) is 0 Å². The molecule has 1 N–H and O–H groups in total. The molecule has 0 aliphatic rings. The Hall–Kier alpha value is -0.900. The smallest absolute Gasteiger partial charge is 0.0760 e. The Balaban J connectivity index is 3.03. The Bertz CT molecular complexity index is 249. The average Bonchev–Trinajstić information content (AvgIpc) is 1.94. The molecule has 0 bridgehead atoms. The zero-order chi connectivity index (χ0) is 7.40. The van der Waals surface area contributed by atoms with E-state index in [1.165, 1.54) is 6.21 Å². The third kappa shape index (κ3) is 1.54. The van der Waals surface area contributed by atoms with Crippen LogP contribution in [0.4, 0.5) is 0 Å². The van der Waals surface area contributed by atoms with Crippen LogP contribution in [-0.4, -0.2) is 16.4 Å². The van der Waals surface area contributed by atoms with Crippen molar-refractivity contribution in [2.45, 2.75) is 0 Å². The highest BCUT2D eigenvalue weighted by Gasteiger charge is 1.92. The summed E-state index contributed by atoms with van der Waals surface area (Å²) in [5.41, 5.74) is 0.755. The van der Waals surface area contributed by atoms with E-state index in [4.69, 9.17) is 5.21 Å². The van der Waals surface area contributed by atoms with Gasteiger partial charge in [-0.05, 0) is 6.07 Å². The first-order chi connectivity index (χ1) is 4.84. The summed E-state index contributed by atoms with van der Waals surface area (Å²) in [6.45, 7) is 0. The average molecular weight is 201 g/mol. The Kier molecular flexibility index (Phi) is 2.39. The topological polar surface area (TPSA) is 45.5 Å². The van der Waals surface area contributed by atoms with Crippen LogP contribution >= 0.6 is 15.9 Å². The zero-order valence-electron chi connectivity index (χ0n) is 5.03. The molecule has 52 valence electrons. The lowest BCUT2D eigenvalue weighted by atomic mass is 10.3. The summed E-state index contributed by atoms with van der Waals surface area (Å²) in [4.78, 5) is 3.83. The van der Waals surface area contributed by atoms with Crippen LogP contribution in [0.25, 0.3) is 0 Å². The molecule has 0 spiro atoms. The van der Waals surface area contributed by atoms with Crippen LogP contribution in [0.5, 0.6) is 0 Å². The summed E-state index contributed by atoms with van der Waals surface area (Å²) < 4.78 is 0.861. The van der Waals surface area contributed by atoms with E-state index < -0.39 is 0 Å². The van der Waals surface area contributed by atoms with Gasteiger partial charge in [0.05, 0.1) is 6.21 Å². The molecule has 0 saturated heterocycles. The van der Waals surface area contributed by atoms with Gasteiger partial charge in [0.1, 0.15) is 0 Å². The SMILES string of the molecule is O/N=C\c1cnccc1Br. The summed E-state index contributed by atoms with van der Waals surface area (Å²) in [6.07, 6.45) is 4.57. The molecule has 0 radical (unpaired) electrons. The third-order valence-electron chi connectivity index (χ3n) is 0.993. The van der Waals surface area contributed by atoms with E-state index in [0.29, 0.717) is 0 Å². The molecule has 10 heavy (non-hydrogen) atoms. The molecular weight excluding hydrogens is 196 g/mol. The van der Waals surface area contributed by atoms with E-state index in [0.717, 1.165) is 10.0 Å². The van der Waals surface area contributed by atoms with Crippen LogP contribution < -0.4 is 0 Å². The summed E-state index contributed by atoms with van der Waals surface area (Å²) in [7, 11) is 0. The van der Waals surface area contributed by atoms with Crippen molar-refractivity contribution in [1.29, 1.82) is 0 Å². The van der Waals surface area contributed by atoms with E-state index >= 15 is 0 Å². The first-order valence-electron chi connectivity index (χ1n) is 2.61. The third-order valence-corrected chi connectivity index (χ3v) is 1.72. The van der Waals surface area contributed by atoms with Gasteiger partial charge in [-0.2, -0.15) is 0 Å². The lowest BCUT2D eigenvalue weighted by molar-refractivity contribution is 0.322. The number of hydrogen-bond acceptors (Lipinski definition) is 3. The summed E-state index contributed by atoms with van der Waals surface area (Å²) in [5, 5.41) is 11.0. The molecule has 0 atom stereocenters. The minimum Gasteiger partial charge on any atom is -0.411 e. The van der Waals surface area contributed by atoms with Crippen LogP contribution in [0.15, 0.2) is 28.1 Å². The maximum atomic E-state index is 8.16. The van der Waals surface area contributed by atoms with E-state index in [1.54, 1.807) is 18.5 Å².